The predicted molar refractivity (Wildman–Crippen MR) is 57.9 cm³/mol. The third-order valence-electron chi connectivity index (χ3n) is 2.06. The fraction of sp³-hybridized carbons (Fsp3) is 0.667. The van der Waals surface area contributed by atoms with Crippen LogP contribution >= 0.6 is 0 Å². The van der Waals surface area contributed by atoms with Crippen LogP contribution in [-0.2, 0) is 10.0 Å². The first kappa shape index (κ1) is 12.2. The summed E-state index contributed by atoms with van der Waals surface area (Å²) in [5.41, 5.74) is 0. The lowest BCUT2D eigenvalue weighted by Gasteiger charge is -2.19. The second-order valence-corrected chi connectivity index (χ2v) is 5.28. The van der Waals surface area contributed by atoms with Crippen molar-refractivity contribution in [3.63, 3.8) is 0 Å². The molecule has 0 atom stereocenters. The fourth-order valence-electron chi connectivity index (χ4n) is 1.38. The summed E-state index contributed by atoms with van der Waals surface area (Å²) in [5.74, 6) is 0. The van der Waals surface area contributed by atoms with E-state index in [-0.39, 0.29) is 4.90 Å². The molecule has 0 aromatic carbocycles. The highest BCUT2D eigenvalue weighted by atomic mass is 32.2. The zero-order valence-electron chi connectivity index (χ0n) is 9.10. The molecular formula is C9H17N3O2S. The van der Waals surface area contributed by atoms with Crippen LogP contribution < -0.4 is 0 Å². The van der Waals surface area contributed by atoms with Crippen LogP contribution in [0.15, 0.2) is 17.3 Å². The molecule has 0 amide bonds. The molecule has 0 spiro atoms. The Morgan fingerprint density at radius 2 is 1.93 bits per heavy atom. The fourth-order valence-corrected chi connectivity index (χ4v) is 2.91. The van der Waals surface area contributed by atoms with Gasteiger partial charge in [-0.15, -0.1) is 0 Å². The van der Waals surface area contributed by atoms with E-state index in [2.05, 4.69) is 10.2 Å². The Hall–Kier alpha value is -0.880. The van der Waals surface area contributed by atoms with Crippen molar-refractivity contribution in [1.29, 1.82) is 0 Å². The number of sulfonamides is 1. The summed E-state index contributed by atoms with van der Waals surface area (Å²) in [6, 6.07) is 0. The molecule has 5 nitrogen and oxygen atoms in total. The van der Waals surface area contributed by atoms with E-state index in [1.807, 2.05) is 13.8 Å². The minimum atomic E-state index is -3.34. The Morgan fingerprint density at radius 1 is 1.33 bits per heavy atom. The first-order valence-corrected chi connectivity index (χ1v) is 6.55. The lowest BCUT2D eigenvalue weighted by Crippen LogP contribution is -2.32. The molecule has 1 aromatic rings. The zero-order chi connectivity index (χ0) is 11.3. The van der Waals surface area contributed by atoms with E-state index >= 15 is 0 Å². The van der Waals surface area contributed by atoms with Crippen LogP contribution in [0.2, 0.25) is 0 Å². The van der Waals surface area contributed by atoms with Gasteiger partial charge in [-0.25, -0.2) is 8.42 Å². The molecule has 1 aromatic heterocycles. The van der Waals surface area contributed by atoms with Crippen LogP contribution in [0.5, 0.6) is 0 Å². The summed E-state index contributed by atoms with van der Waals surface area (Å²) in [5, 5.41) is 6.18. The number of rotatable bonds is 6. The van der Waals surface area contributed by atoms with Crippen molar-refractivity contribution in [3.8, 4) is 0 Å². The van der Waals surface area contributed by atoms with Crippen LogP contribution in [-0.4, -0.2) is 36.0 Å². The molecule has 0 radical (unpaired) electrons. The smallest absolute Gasteiger partial charge is 0.246 e. The standard InChI is InChI=1S/C9H17N3O2S/c1-3-5-12(6-4-2)15(13,14)9-7-10-11-8-9/h7-8H,3-6H2,1-2H3,(H,10,11). The summed E-state index contributed by atoms with van der Waals surface area (Å²) in [4.78, 5) is 0.240. The summed E-state index contributed by atoms with van der Waals surface area (Å²) in [6.45, 7) is 5.05. The molecule has 15 heavy (non-hydrogen) atoms. The van der Waals surface area contributed by atoms with Crippen LogP contribution in [0, 0.1) is 0 Å². The van der Waals surface area contributed by atoms with E-state index < -0.39 is 10.0 Å². The molecule has 1 rings (SSSR count). The molecule has 0 aliphatic heterocycles. The van der Waals surface area contributed by atoms with Crippen molar-refractivity contribution in [1.82, 2.24) is 14.5 Å². The van der Waals surface area contributed by atoms with E-state index in [1.165, 1.54) is 16.7 Å². The van der Waals surface area contributed by atoms with Gasteiger partial charge in [0.05, 0.1) is 6.20 Å². The second kappa shape index (κ2) is 5.27. The maximum Gasteiger partial charge on any atom is 0.246 e. The number of nitrogens with one attached hydrogen (secondary N) is 1. The predicted octanol–water partition coefficient (Wildman–Crippen LogP) is 1.22. The highest BCUT2D eigenvalue weighted by molar-refractivity contribution is 7.89. The minimum Gasteiger partial charge on any atom is -0.284 e. The second-order valence-electron chi connectivity index (χ2n) is 3.34. The van der Waals surface area contributed by atoms with E-state index in [4.69, 9.17) is 0 Å². The quantitative estimate of drug-likeness (QED) is 0.800. The summed E-state index contributed by atoms with van der Waals surface area (Å²) >= 11 is 0. The molecule has 0 aliphatic carbocycles. The van der Waals surface area contributed by atoms with Gasteiger partial charge in [0.25, 0.3) is 0 Å². The Balaban J connectivity index is 2.91. The Kier molecular flexibility index (Phi) is 4.28. The zero-order valence-corrected chi connectivity index (χ0v) is 9.92. The summed E-state index contributed by atoms with van der Waals surface area (Å²) in [7, 11) is -3.34. The van der Waals surface area contributed by atoms with E-state index in [0.29, 0.717) is 13.1 Å². The molecule has 0 bridgehead atoms. The summed E-state index contributed by atoms with van der Waals surface area (Å²) < 4.78 is 25.6. The number of hydrogen-bond acceptors (Lipinski definition) is 3. The monoisotopic (exact) mass is 231 g/mol. The molecule has 1 heterocycles. The van der Waals surface area contributed by atoms with E-state index in [1.54, 1.807) is 0 Å². The number of hydrogen-bond donors (Lipinski definition) is 1. The average molecular weight is 231 g/mol. The van der Waals surface area contributed by atoms with Gasteiger partial charge >= 0.3 is 0 Å². The lowest BCUT2D eigenvalue weighted by atomic mass is 10.4. The topological polar surface area (TPSA) is 66.1 Å². The number of aromatic amines is 1. The van der Waals surface area contributed by atoms with Gasteiger partial charge in [0.1, 0.15) is 4.90 Å². The highest BCUT2D eigenvalue weighted by Crippen LogP contribution is 2.14. The van der Waals surface area contributed by atoms with Crippen LogP contribution in [0.1, 0.15) is 26.7 Å². The third kappa shape index (κ3) is 2.79. The molecular weight excluding hydrogens is 214 g/mol. The van der Waals surface area contributed by atoms with Crippen molar-refractivity contribution in [2.24, 2.45) is 0 Å². The molecule has 0 unspecified atom stereocenters. The molecule has 6 heteroatoms. The first-order chi connectivity index (χ1) is 7.12. The third-order valence-corrected chi connectivity index (χ3v) is 3.92. The maximum atomic E-state index is 12.0. The van der Waals surface area contributed by atoms with E-state index in [9.17, 15) is 8.42 Å². The first-order valence-electron chi connectivity index (χ1n) is 5.11. The van der Waals surface area contributed by atoms with Gasteiger partial charge < -0.3 is 0 Å². The number of H-pyrrole nitrogens is 1. The van der Waals surface area contributed by atoms with Crippen molar-refractivity contribution < 1.29 is 8.42 Å². The molecule has 86 valence electrons. The van der Waals surface area contributed by atoms with Crippen LogP contribution in [0.4, 0.5) is 0 Å². The van der Waals surface area contributed by atoms with Gasteiger partial charge in [-0.3, -0.25) is 5.10 Å². The SMILES string of the molecule is CCCN(CCC)S(=O)(=O)c1cn[nH]c1. The van der Waals surface area contributed by atoms with Crippen LogP contribution in [0.25, 0.3) is 0 Å². The normalized spacial score (nSPS) is 12.2. The Morgan fingerprint density at radius 3 is 2.33 bits per heavy atom. The highest BCUT2D eigenvalue weighted by Gasteiger charge is 2.23. The van der Waals surface area contributed by atoms with Crippen molar-refractivity contribution >= 4 is 10.0 Å². The summed E-state index contributed by atoms with van der Waals surface area (Å²) in [6.07, 6.45) is 4.38. The number of aromatic nitrogens is 2. The van der Waals surface area contributed by atoms with Gasteiger partial charge in [0.15, 0.2) is 0 Å². The number of nitrogens with zero attached hydrogens (tertiary/aromatic N) is 2. The molecule has 0 aliphatic rings. The molecule has 0 fully saturated rings. The van der Waals surface area contributed by atoms with Gasteiger partial charge in [-0.1, -0.05) is 13.8 Å². The van der Waals surface area contributed by atoms with Gasteiger partial charge in [-0.05, 0) is 12.8 Å². The largest absolute Gasteiger partial charge is 0.284 e. The maximum absolute atomic E-state index is 12.0. The van der Waals surface area contributed by atoms with Crippen LogP contribution in [0.3, 0.4) is 0 Å². The van der Waals surface area contributed by atoms with Gasteiger partial charge in [-0.2, -0.15) is 9.40 Å². The lowest BCUT2D eigenvalue weighted by molar-refractivity contribution is 0.410. The van der Waals surface area contributed by atoms with Gasteiger partial charge in [0, 0.05) is 19.3 Å². The molecule has 1 N–H and O–H groups in total. The molecule has 0 saturated carbocycles. The van der Waals surface area contributed by atoms with Crippen molar-refractivity contribution in [2.75, 3.05) is 13.1 Å². The van der Waals surface area contributed by atoms with Crippen molar-refractivity contribution in [3.05, 3.63) is 12.4 Å². The minimum absolute atomic E-state index is 0.240. The Labute approximate surface area is 90.5 Å². The molecule has 0 saturated heterocycles. The van der Waals surface area contributed by atoms with Crippen molar-refractivity contribution in [2.45, 2.75) is 31.6 Å². The van der Waals surface area contributed by atoms with E-state index in [0.717, 1.165) is 12.8 Å². The average Bonchev–Trinajstić information content (AvgIpc) is 2.70. The Bertz CT molecular complexity index is 366. The van der Waals surface area contributed by atoms with Gasteiger partial charge in [0.2, 0.25) is 10.0 Å².